The SMILES string of the molecule is O=C(NCc1ccco1)c1csc(CN(Cc2ccco2)C(=O)C2CCCC2)n1. The van der Waals surface area contributed by atoms with Gasteiger partial charge in [0.25, 0.3) is 5.91 Å². The second kappa shape index (κ2) is 9.09. The summed E-state index contributed by atoms with van der Waals surface area (Å²) >= 11 is 1.38. The summed E-state index contributed by atoms with van der Waals surface area (Å²) in [7, 11) is 0. The number of furan rings is 2. The first-order valence-corrected chi connectivity index (χ1v) is 10.6. The van der Waals surface area contributed by atoms with Crippen molar-refractivity contribution in [2.45, 2.75) is 45.3 Å². The molecule has 29 heavy (non-hydrogen) atoms. The Morgan fingerprint density at radius 1 is 1.10 bits per heavy atom. The Labute approximate surface area is 172 Å². The second-order valence-corrected chi connectivity index (χ2v) is 8.09. The van der Waals surface area contributed by atoms with Gasteiger partial charge in [0.2, 0.25) is 5.91 Å². The van der Waals surface area contributed by atoms with E-state index in [9.17, 15) is 9.59 Å². The van der Waals surface area contributed by atoms with Gasteiger partial charge in [-0.1, -0.05) is 12.8 Å². The fraction of sp³-hybridized carbons (Fsp3) is 0.381. The molecule has 1 aliphatic carbocycles. The molecule has 1 saturated carbocycles. The number of thiazole rings is 1. The van der Waals surface area contributed by atoms with E-state index in [-0.39, 0.29) is 17.7 Å². The number of hydrogen-bond donors (Lipinski definition) is 1. The van der Waals surface area contributed by atoms with E-state index in [1.165, 1.54) is 11.3 Å². The van der Waals surface area contributed by atoms with Gasteiger partial charge in [-0.2, -0.15) is 0 Å². The molecule has 3 heterocycles. The van der Waals surface area contributed by atoms with Crippen molar-refractivity contribution in [2.24, 2.45) is 5.92 Å². The summed E-state index contributed by atoms with van der Waals surface area (Å²) in [6, 6.07) is 7.26. The average Bonchev–Trinajstić information content (AvgIpc) is 3.53. The van der Waals surface area contributed by atoms with Crippen molar-refractivity contribution in [1.82, 2.24) is 15.2 Å². The van der Waals surface area contributed by atoms with Gasteiger partial charge in [0.05, 0.1) is 32.2 Å². The Morgan fingerprint density at radius 2 is 1.83 bits per heavy atom. The number of rotatable bonds is 8. The summed E-state index contributed by atoms with van der Waals surface area (Å²) in [5.74, 6) is 1.37. The van der Waals surface area contributed by atoms with Crippen LogP contribution in [0.5, 0.6) is 0 Å². The molecule has 0 bridgehead atoms. The van der Waals surface area contributed by atoms with Crippen LogP contribution in [0.25, 0.3) is 0 Å². The maximum absolute atomic E-state index is 13.0. The molecule has 1 N–H and O–H groups in total. The van der Waals surface area contributed by atoms with Crippen LogP contribution in [-0.2, 0) is 24.4 Å². The molecule has 3 aromatic heterocycles. The van der Waals surface area contributed by atoms with Crippen LogP contribution in [0.2, 0.25) is 0 Å². The van der Waals surface area contributed by atoms with Gasteiger partial charge in [0, 0.05) is 11.3 Å². The number of hydrogen-bond acceptors (Lipinski definition) is 6. The molecule has 4 rings (SSSR count). The number of amides is 2. The average molecular weight is 413 g/mol. The minimum absolute atomic E-state index is 0.0704. The highest BCUT2D eigenvalue weighted by Crippen LogP contribution is 2.28. The van der Waals surface area contributed by atoms with E-state index in [4.69, 9.17) is 8.83 Å². The third-order valence-corrected chi connectivity index (χ3v) is 5.89. The number of carbonyl (C=O) groups is 2. The zero-order valence-corrected chi connectivity index (χ0v) is 16.8. The molecule has 7 nitrogen and oxygen atoms in total. The maximum Gasteiger partial charge on any atom is 0.271 e. The minimum Gasteiger partial charge on any atom is -0.467 e. The first-order valence-electron chi connectivity index (χ1n) is 9.75. The predicted molar refractivity (Wildman–Crippen MR) is 107 cm³/mol. The maximum atomic E-state index is 13.0. The quantitative estimate of drug-likeness (QED) is 0.603. The normalized spacial score (nSPS) is 14.2. The van der Waals surface area contributed by atoms with Crippen molar-refractivity contribution >= 4 is 23.2 Å². The summed E-state index contributed by atoms with van der Waals surface area (Å²) in [6.45, 7) is 1.08. The van der Waals surface area contributed by atoms with Crippen LogP contribution in [0, 0.1) is 5.92 Å². The van der Waals surface area contributed by atoms with Crippen LogP contribution in [0.1, 0.15) is 52.7 Å². The fourth-order valence-corrected chi connectivity index (χ4v) is 4.34. The highest BCUT2D eigenvalue weighted by molar-refractivity contribution is 7.09. The van der Waals surface area contributed by atoms with E-state index in [2.05, 4.69) is 10.3 Å². The molecule has 0 spiro atoms. The van der Waals surface area contributed by atoms with Crippen LogP contribution < -0.4 is 5.32 Å². The molecule has 152 valence electrons. The van der Waals surface area contributed by atoms with Crippen LogP contribution in [0.15, 0.2) is 51.0 Å². The molecule has 0 unspecified atom stereocenters. The molecule has 1 aliphatic rings. The molecular weight excluding hydrogens is 390 g/mol. The number of aromatic nitrogens is 1. The zero-order valence-electron chi connectivity index (χ0n) is 16.0. The van der Waals surface area contributed by atoms with E-state index in [0.717, 1.165) is 36.5 Å². The Kier molecular flexibility index (Phi) is 6.09. The monoisotopic (exact) mass is 413 g/mol. The molecular formula is C21H23N3O4S. The van der Waals surface area contributed by atoms with Crippen LogP contribution in [0.3, 0.4) is 0 Å². The lowest BCUT2D eigenvalue weighted by Gasteiger charge is -2.24. The third-order valence-electron chi connectivity index (χ3n) is 5.06. The lowest BCUT2D eigenvalue weighted by molar-refractivity contribution is -0.136. The van der Waals surface area contributed by atoms with Crippen molar-refractivity contribution in [3.8, 4) is 0 Å². The van der Waals surface area contributed by atoms with Crippen molar-refractivity contribution in [2.75, 3.05) is 0 Å². The van der Waals surface area contributed by atoms with Gasteiger partial charge in [-0.3, -0.25) is 9.59 Å². The molecule has 0 aromatic carbocycles. The van der Waals surface area contributed by atoms with Crippen molar-refractivity contribution < 1.29 is 18.4 Å². The Hall–Kier alpha value is -2.87. The van der Waals surface area contributed by atoms with Gasteiger partial charge < -0.3 is 19.1 Å². The molecule has 0 radical (unpaired) electrons. The van der Waals surface area contributed by atoms with Gasteiger partial charge in [-0.15, -0.1) is 11.3 Å². The van der Waals surface area contributed by atoms with Crippen LogP contribution in [0.4, 0.5) is 0 Å². The first kappa shape index (κ1) is 19.4. The van der Waals surface area contributed by atoms with Crippen molar-refractivity contribution in [3.05, 3.63) is 64.4 Å². The molecule has 0 aliphatic heterocycles. The van der Waals surface area contributed by atoms with Gasteiger partial charge >= 0.3 is 0 Å². The topological polar surface area (TPSA) is 88.6 Å². The highest BCUT2D eigenvalue weighted by atomic mass is 32.1. The first-order chi connectivity index (χ1) is 14.2. The Bertz CT molecular complexity index is 927. The molecule has 2 amide bonds. The minimum atomic E-state index is -0.261. The zero-order chi connectivity index (χ0) is 20.1. The van der Waals surface area contributed by atoms with Crippen molar-refractivity contribution in [1.29, 1.82) is 0 Å². The standard InChI is InChI=1S/C21H23N3O4S/c25-20(22-11-16-7-3-9-27-16)18-14-29-19(23-18)13-24(12-17-8-4-10-28-17)21(26)15-5-1-2-6-15/h3-4,7-10,14-15H,1-2,5-6,11-13H2,(H,22,25). The van der Waals surface area contributed by atoms with Crippen molar-refractivity contribution in [3.63, 3.8) is 0 Å². The molecule has 8 heteroatoms. The summed E-state index contributed by atoms with van der Waals surface area (Å²) in [5.41, 5.74) is 0.350. The third kappa shape index (κ3) is 4.95. The summed E-state index contributed by atoms with van der Waals surface area (Å²) in [5, 5.41) is 5.24. The molecule has 1 fully saturated rings. The van der Waals surface area contributed by atoms with Gasteiger partial charge in [0.1, 0.15) is 22.2 Å². The summed E-state index contributed by atoms with van der Waals surface area (Å²) in [6.07, 6.45) is 7.25. The second-order valence-electron chi connectivity index (χ2n) is 7.14. The number of carbonyl (C=O) groups excluding carboxylic acids is 2. The largest absolute Gasteiger partial charge is 0.467 e. The van der Waals surface area contributed by atoms with Gasteiger partial charge in [0.15, 0.2) is 0 Å². The van der Waals surface area contributed by atoms with Gasteiger partial charge in [-0.25, -0.2) is 4.98 Å². The molecule has 0 saturated heterocycles. The fourth-order valence-electron chi connectivity index (χ4n) is 3.56. The van der Waals surface area contributed by atoms with E-state index in [1.54, 1.807) is 34.9 Å². The molecule has 0 atom stereocenters. The van der Waals surface area contributed by atoms with E-state index in [1.807, 2.05) is 12.1 Å². The Balaban J connectivity index is 1.41. The summed E-state index contributed by atoms with van der Waals surface area (Å²) in [4.78, 5) is 31.6. The van der Waals surface area contributed by atoms with E-state index in [0.29, 0.717) is 31.1 Å². The number of nitrogens with zero attached hydrogens (tertiary/aromatic N) is 2. The van der Waals surface area contributed by atoms with Crippen LogP contribution in [-0.4, -0.2) is 21.7 Å². The van der Waals surface area contributed by atoms with Gasteiger partial charge in [-0.05, 0) is 37.1 Å². The summed E-state index contributed by atoms with van der Waals surface area (Å²) < 4.78 is 10.7. The van der Waals surface area contributed by atoms with E-state index >= 15 is 0 Å². The van der Waals surface area contributed by atoms with E-state index < -0.39 is 0 Å². The number of nitrogens with one attached hydrogen (secondary N) is 1. The smallest absolute Gasteiger partial charge is 0.271 e. The predicted octanol–water partition coefficient (Wildman–Crippen LogP) is 3.98. The van der Waals surface area contributed by atoms with Crippen LogP contribution >= 0.6 is 11.3 Å². The Morgan fingerprint density at radius 3 is 2.52 bits per heavy atom. The highest BCUT2D eigenvalue weighted by Gasteiger charge is 2.28. The molecule has 3 aromatic rings. The lowest BCUT2D eigenvalue weighted by atomic mass is 10.1. The lowest BCUT2D eigenvalue weighted by Crippen LogP contribution is -2.34.